The third-order valence-electron chi connectivity index (χ3n) is 4.13. The lowest BCUT2D eigenvalue weighted by molar-refractivity contribution is -0.115. The van der Waals surface area contributed by atoms with Crippen LogP contribution in [0.25, 0.3) is 11.5 Å². The summed E-state index contributed by atoms with van der Waals surface area (Å²) < 4.78 is 5.54. The van der Waals surface area contributed by atoms with Gasteiger partial charge in [0.15, 0.2) is 12.1 Å². The summed E-state index contributed by atoms with van der Waals surface area (Å²) in [6.45, 7) is 1.98. The largest absolute Gasteiger partial charge is 0.487 e. The Bertz CT molecular complexity index is 959. The molecule has 138 valence electrons. The van der Waals surface area contributed by atoms with E-state index >= 15 is 0 Å². The van der Waals surface area contributed by atoms with Gasteiger partial charge in [-0.05, 0) is 36.8 Å². The van der Waals surface area contributed by atoms with Gasteiger partial charge < -0.3 is 14.7 Å². The van der Waals surface area contributed by atoms with E-state index in [1.807, 2.05) is 31.2 Å². The van der Waals surface area contributed by atoms with Gasteiger partial charge in [0.25, 0.3) is 0 Å². The summed E-state index contributed by atoms with van der Waals surface area (Å²) in [7, 11) is 0. The topological polar surface area (TPSA) is 116 Å². The number of hydrogen-bond acceptors (Lipinski definition) is 7. The van der Waals surface area contributed by atoms with Gasteiger partial charge in [0, 0.05) is 6.20 Å². The zero-order valence-corrected chi connectivity index (χ0v) is 14.6. The molecule has 0 radical (unpaired) electrons. The van der Waals surface area contributed by atoms with Crippen LogP contribution in [-0.4, -0.2) is 50.6 Å². The maximum Gasteiger partial charge on any atom is 0.249 e. The van der Waals surface area contributed by atoms with Gasteiger partial charge in [0.05, 0.1) is 5.69 Å². The highest BCUT2D eigenvalue weighted by Gasteiger charge is 2.27. The number of nitrogens with one attached hydrogen (secondary N) is 2. The number of carbonyl (C=O) groups is 1. The predicted octanol–water partition coefficient (Wildman–Crippen LogP) is 1.33. The van der Waals surface area contributed by atoms with Gasteiger partial charge in [-0.2, -0.15) is 4.98 Å². The molecule has 0 saturated heterocycles. The Hall–Kier alpha value is -3.46. The van der Waals surface area contributed by atoms with E-state index in [0.29, 0.717) is 23.0 Å². The van der Waals surface area contributed by atoms with Crippen molar-refractivity contribution in [2.45, 2.75) is 13.2 Å². The Morgan fingerprint density at radius 2 is 2.30 bits per heavy atom. The number of anilines is 2. The zero-order chi connectivity index (χ0) is 18.8. The third kappa shape index (κ3) is 3.58. The van der Waals surface area contributed by atoms with E-state index < -0.39 is 6.23 Å². The van der Waals surface area contributed by atoms with E-state index in [1.54, 1.807) is 23.2 Å². The average molecular weight is 366 g/mol. The van der Waals surface area contributed by atoms with Crippen molar-refractivity contribution in [1.82, 2.24) is 20.2 Å². The van der Waals surface area contributed by atoms with Crippen LogP contribution >= 0.6 is 0 Å². The summed E-state index contributed by atoms with van der Waals surface area (Å²) in [5.41, 5.74) is 2.33. The van der Waals surface area contributed by atoms with Gasteiger partial charge in [-0.3, -0.25) is 20.2 Å². The molecule has 4 rings (SSSR count). The molecule has 0 aliphatic carbocycles. The molecule has 27 heavy (non-hydrogen) atoms. The predicted molar refractivity (Wildman–Crippen MR) is 98.3 cm³/mol. The fourth-order valence-corrected chi connectivity index (χ4v) is 2.83. The van der Waals surface area contributed by atoms with Gasteiger partial charge >= 0.3 is 0 Å². The molecule has 1 aliphatic heterocycles. The van der Waals surface area contributed by atoms with Crippen LogP contribution in [0.2, 0.25) is 0 Å². The van der Waals surface area contributed by atoms with E-state index in [9.17, 15) is 9.90 Å². The lowest BCUT2D eigenvalue weighted by atomic mass is 10.1. The first-order valence-corrected chi connectivity index (χ1v) is 8.42. The summed E-state index contributed by atoms with van der Waals surface area (Å²) in [5, 5.41) is 19.6. The van der Waals surface area contributed by atoms with E-state index in [-0.39, 0.29) is 25.0 Å². The van der Waals surface area contributed by atoms with Gasteiger partial charge in [-0.15, -0.1) is 5.10 Å². The van der Waals surface area contributed by atoms with Crippen LogP contribution in [0, 0.1) is 6.92 Å². The number of aryl methyl sites for hydroxylation is 1. The Kier molecular flexibility index (Phi) is 4.43. The number of ether oxygens (including phenoxy) is 1. The standard InChI is InChI=1S/C18H18N6O3/c1-11-5-6-13-14(8-11)27-10-16(26)24(13)9-15(25)20-18-21-17(22-23-18)12-4-2-3-7-19-12/h2-8,16,26H,9-10H2,1H3,(H2,20,21,22,23,25). The fraction of sp³-hybridized carbons (Fsp3) is 0.222. The van der Waals surface area contributed by atoms with E-state index in [4.69, 9.17) is 4.74 Å². The number of aromatic amines is 1. The Labute approximate surface area is 155 Å². The number of rotatable bonds is 4. The van der Waals surface area contributed by atoms with Crippen molar-refractivity contribution < 1.29 is 14.6 Å². The molecule has 0 bridgehead atoms. The number of hydrogen-bond donors (Lipinski definition) is 3. The maximum atomic E-state index is 12.4. The minimum absolute atomic E-state index is 0.0615. The number of aliphatic hydroxyl groups excluding tert-OH is 1. The van der Waals surface area contributed by atoms with Crippen molar-refractivity contribution in [3.8, 4) is 17.3 Å². The molecule has 1 amide bonds. The number of amides is 1. The number of nitrogens with zero attached hydrogens (tertiary/aromatic N) is 4. The molecular formula is C18H18N6O3. The minimum atomic E-state index is -0.915. The lowest BCUT2D eigenvalue weighted by Gasteiger charge is -2.35. The van der Waals surface area contributed by atoms with Crippen LogP contribution in [0.4, 0.5) is 11.6 Å². The molecule has 3 heterocycles. The van der Waals surface area contributed by atoms with Crippen molar-refractivity contribution in [3.05, 3.63) is 48.2 Å². The molecule has 1 aromatic carbocycles. The number of H-pyrrole nitrogens is 1. The number of pyridine rings is 1. The van der Waals surface area contributed by atoms with Crippen LogP contribution in [0.15, 0.2) is 42.6 Å². The SMILES string of the molecule is Cc1ccc2c(c1)OCC(O)N2CC(=O)Nc1n[nH]c(-c2ccccn2)n1. The second kappa shape index (κ2) is 7.04. The van der Waals surface area contributed by atoms with Gasteiger partial charge in [-0.25, -0.2) is 0 Å². The zero-order valence-electron chi connectivity index (χ0n) is 14.6. The highest BCUT2D eigenvalue weighted by atomic mass is 16.5. The number of carbonyl (C=O) groups excluding carboxylic acids is 1. The molecule has 3 N–H and O–H groups in total. The van der Waals surface area contributed by atoms with Crippen molar-refractivity contribution in [3.63, 3.8) is 0 Å². The third-order valence-corrected chi connectivity index (χ3v) is 4.13. The molecule has 2 aromatic heterocycles. The van der Waals surface area contributed by atoms with E-state index in [2.05, 4.69) is 25.5 Å². The molecule has 1 atom stereocenters. The second-order valence-electron chi connectivity index (χ2n) is 6.16. The molecule has 9 nitrogen and oxygen atoms in total. The Morgan fingerprint density at radius 3 is 3.11 bits per heavy atom. The van der Waals surface area contributed by atoms with Crippen molar-refractivity contribution in [2.24, 2.45) is 0 Å². The second-order valence-corrected chi connectivity index (χ2v) is 6.16. The molecular weight excluding hydrogens is 348 g/mol. The average Bonchev–Trinajstić information content (AvgIpc) is 3.13. The normalized spacial score (nSPS) is 15.8. The lowest BCUT2D eigenvalue weighted by Crippen LogP contribution is -2.46. The number of benzene rings is 1. The number of fused-ring (bicyclic) bond motifs is 1. The highest BCUT2D eigenvalue weighted by molar-refractivity contribution is 5.93. The number of aromatic nitrogens is 4. The monoisotopic (exact) mass is 366 g/mol. The fourth-order valence-electron chi connectivity index (χ4n) is 2.83. The number of aliphatic hydroxyl groups is 1. The molecule has 1 aliphatic rings. The first kappa shape index (κ1) is 17.0. The highest BCUT2D eigenvalue weighted by Crippen LogP contribution is 2.33. The minimum Gasteiger partial charge on any atom is -0.487 e. The summed E-state index contributed by atoms with van der Waals surface area (Å²) in [4.78, 5) is 22.4. The molecule has 0 spiro atoms. The Balaban J connectivity index is 1.46. The van der Waals surface area contributed by atoms with Gasteiger partial charge in [0.1, 0.15) is 24.6 Å². The van der Waals surface area contributed by atoms with Crippen LogP contribution in [0.5, 0.6) is 5.75 Å². The smallest absolute Gasteiger partial charge is 0.249 e. The summed E-state index contributed by atoms with van der Waals surface area (Å²) in [6, 6.07) is 11.0. The Morgan fingerprint density at radius 1 is 1.41 bits per heavy atom. The maximum absolute atomic E-state index is 12.4. The quantitative estimate of drug-likeness (QED) is 0.638. The van der Waals surface area contributed by atoms with Crippen molar-refractivity contribution in [1.29, 1.82) is 0 Å². The summed E-state index contributed by atoms with van der Waals surface area (Å²) in [6.07, 6.45) is 0.733. The van der Waals surface area contributed by atoms with Crippen LogP contribution in [0.1, 0.15) is 5.56 Å². The van der Waals surface area contributed by atoms with Crippen LogP contribution in [-0.2, 0) is 4.79 Å². The molecule has 1 unspecified atom stereocenters. The van der Waals surface area contributed by atoms with Crippen molar-refractivity contribution in [2.75, 3.05) is 23.4 Å². The summed E-state index contributed by atoms with van der Waals surface area (Å²) in [5.74, 6) is 0.892. The molecule has 9 heteroatoms. The van der Waals surface area contributed by atoms with Crippen LogP contribution in [0.3, 0.4) is 0 Å². The van der Waals surface area contributed by atoms with E-state index in [1.165, 1.54) is 0 Å². The molecule has 0 saturated carbocycles. The summed E-state index contributed by atoms with van der Waals surface area (Å²) >= 11 is 0. The first-order chi connectivity index (χ1) is 13.1. The van der Waals surface area contributed by atoms with Gasteiger partial charge in [0.2, 0.25) is 11.9 Å². The molecule has 3 aromatic rings. The van der Waals surface area contributed by atoms with E-state index in [0.717, 1.165) is 5.56 Å². The van der Waals surface area contributed by atoms with Crippen molar-refractivity contribution >= 4 is 17.5 Å². The molecule has 0 fully saturated rings. The van der Waals surface area contributed by atoms with Gasteiger partial charge in [-0.1, -0.05) is 12.1 Å². The first-order valence-electron chi connectivity index (χ1n) is 8.42. The van der Waals surface area contributed by atoms with Crippen LogP contribution < -0.4 is 15.0 Å².